The van der Waals surface area contributed by atoms with Gasteiger partial charge in [0.05, 0.1) is 6.42 Å². The highest BCUT2D eigenvalue weighted by molar-refractivity contribution is 6.31. The van der Waals surface area contributed by atoms with Gasteiger partial charge in [0, 0.05) is 36.7 Å². The smallest absolute Gasteiger partial charge is 0.227 e. The van der Waals surface area contributed by atoms with Crippen molar-refractivity contribution < 1.29 is 14.4 Å². The molecule has 0 spiro atoms. The van der Waals surface area contributed by atoms with E-state index in [2.05, 4.69) is 5.32 Å². The lowest BCUT2D eigenvalue weighted by Gasteiger charge is -2.44. The Morgan fingerprint density at radius 2 is 1.79 bits per heavy atom. The molecule has 2 aromatic carbocycles. The predicted molar refractivity (Wildman–Crippen MR) is 114 cm³/mol. The number of Topliss-reactive ketones (excluding diaryl/α,β-unsaturated/α-hetero) is 1. The van der Waals surface area contributed by atoms with E-state index in [1.807, 2.05) is 30.3 Å². The molecule has 152 valence electrons. The lowest BCUT2D eigenvalue weighted by atomic mass is 9.74. The molecule has 1 aliphatic rings. The summed E-state index contributed by atoms with van der Waals surface area (Å²) in [6, 6.07) is 14.4. The molecule has 1 N–H and O–H groups in total. The number of hydrogen-bond donors (Lipinski definition) is 1. The van der Waals surface area contributed by atoms with Crippen molar-refractivity contribution in [2.45, 2.75) is 44.6 Å². The monoisotopic (exact) mass is 412 g/mol. The average molecular weight is 413 g/mol. The molecule has 2 amide bonds. The first-order valence-electron chi connectivity index (χ1n) is 9.76. The SMILES string of the molecule is CC(=O)Nc1ccc(CC(=O)N(C)C2(c3ccccc3Cl)CCCCC2=O)cc1. The highest BCUT2D eigenvalue weighted by atomic mass is 35.5. The van der Waals surface area contributed by atoms with Crippen LogP contribution in [0.25, 0.3) is 0 Å². The van der Waals surface area contributed by atoms with Crippen LogP contribution < -0.4 is 5.32 Å². The second-order valence-corrected chi connectivity index (χ2v) is 7.89. The molecule has 1 unspecified atom stereocenters. The van der Waals surface area contributed by atoms with Crippen molar-refractivity contribution in [1.82, 2.24) is 4.90 Å². The second kappa shape index (κ2) is 8.78. The normalized spacial score (nSPS) is 18.9. The van der Waals surface area contributed by atoms with E-state index in [0.717, 1.165) is 18.4 Å². The first kappa shape index (κ1) is 21.1. The van der Waals surface area contributed by atoms with Crippen LogP contribution in [0.4, 0.5) is 5.69 Å². The number of nitrogens with zero attached hydrogens (tertiary/aromatic N) is 1. The number of anilines is 1. The number of nitrogens with one attached hydrogen (secondary N) is 1. The van der Waals surface area contributed by atoms with E-state index in [4.69, 9.17) is 11.6 Å². The Hall–Kier alpha value is -2.66. The Kier molecular flexibility index (Phi) is 6.38. The van der Waals surface area contributed by atoms with E-state index in [1.54, 1.807) is 30.1 Å². The standard InChI is InChI=1S/C23H25ClN2O3/c1-16(27)25-18-12-10-17(11-13-18)15-22(29)26(2)23(14-6-5-9-21(23)28)19-7-3-4-8-20(19)24/h3-4,7-8,10-13H,5-6,9,14-15H2,1-2H3,(H,25,27). The molecule has 0 radical (unpaired) electrons. The minimum absolute atomic E-state index is 0.0358. The summed E-state index contributed by atoms with van der Waals surface area (Å²) in [4.78, 5) is 39.0. The maximum atomic E-state index is 13.2. The summed E-state index contributed by atoms with van der Waals surface area (Å²) in [5, 5.41) is 3.21. The van der Waals surface area contributed by atoms with E-state index < -0.39 is 5.54 Å². The zero-order valence-electron chi connectivity index (χ0n) is 16.7. The fourth-order valence-electron chi connectivity index (χ4n) is 4.04. The van der Waals surface area contributed by atoms with Gasteiger partial charge in [-0.15, -0.1) is 0 Å². The number of rotatable bonds is 5. The molecule has 0 bridgehead atoms. The topological polar surface area (TPSA) is 66.5 Å². The number of carbonyl (C=O) groups excluding carboxylic acids is 3. The summed E-state index contributed by atoms with van der Waals surface area (Å²) in [6.07, 6.45) is 2.86. The highest BCUT2D eigenvalue weighted by Gasteiger charge is 2.47. The van der Waals surface area contributed by atoms with Crippen molar-refractivity contribution in [2.75, 3.05) is 12.4 Å². The maximum Gasteiger partial charge on any atom is 0.227 e. The van der Waals surface area contributed by atoms with E-state index in [0.29, 0.717) is 29.1 Å². The number of ketones is 1. The average Bonchev–Trinajstić information content (AvgIpc) is 2.69. The summed E-state index contributed by atoms with van der Waals surface area (Å²) in [5.41, 5.74) is 1.16. The Labute approximate surface area is 176 Å². The predicted octanol–water partition coefficient (Wildman–Crippen LogP) is 4.34. The Morgan fingerprint density at radius 1 is 1.10 bits per heavy atom. The van der Waals surface area contributed by atoms with E-state index in [9.17, 15) is 14.4 Å². The summed E-state index contributed by atoms with van der Waals surface area (Å²) in [5.74, 6) is -0.257. The van der Waals surface area contributed by atoms with Gasteiger partial charge in [0.1, 0.15) is 5.54 Å². The van der Waals surface area contributed by atoms with Gasteiger partial charge >= 0.3 is 0 Å². The maximum absolute atomic E-state index is 13.2. The van der Waals surface area contributed by atoms with Gasteiger partial charge in [-0.1, -0.05) is 41.9 Å². The van der Waals surface area contributed by atoms with Crippen LogP contribution in [0.5, 0.6) is 0 Å². The molecule has 6 heteroatoms. The molecular weight excluding hydrogens is 388 g/mol. The van der Waals surface area contributed by atoms with Crippen molar-refractivity contribution in [1.29, 1.82) is 0 Å². The van der Waals surface area contributed by atoms with Gasteiger partial charge in [0.15, 0.2) is 5.78 Å². The number of carbonyl (C=O) groups is 3. The molecule has 0 aromatic heterocycles. The second-order valence-electron chi connectivity index (χ2n) is 7.48. The molecule has 1 aliphatic carbocycles. The van der Waals surface area contributed by atoms with E-state index in [-0.39, 0.29) is 24.0 Å². The fraction of sp³-hybridized carbons (Fsp3) is 0.348. The van der Waals surface area contributed by atoms with Gasteiger partial charge in [0.25, 0.3) is 0 Å². The third-order valence-electron chi connectivity index (χ3n) is 5.55. The highest BCUT2D eigenvalue weighted by Crippen LogP contribution is 2.42. The molecule has 5 nitrogen and oxygen atoms in total. The van der Waals surface area contributed by atoms with Crippen LogP contribution in [0.1, 0.15) is 43.7 Å². The number of likely N-dealkylation sites (N-methyl/N-ethyl adjacent to an activating group) is 1. The van der Waals surface area contributed by atoms with Crippen LogP contribution in [0.3, 0.4) is 0 Å². The Morgan fingerprint density at radius 3 is 2.41 bits per heavy atom. The zero-order valence-corrected chi connectivity index (χ0v) is 17.5. The van der Waals surface area contributed by atoms with Crippen molar-refractivity contribution in [2.24, 2.45) is 0 Å². The molecule has 0 saturated heterocycles. The molecule has 3 rings (SSSR count). The summed E-state index contributed by atoms with van der Waals surface area (Å²) >= 11 is 6.46. The molecule has 1 saturated carbocycles. The molecule has 29 heavy (non-hydrogen) atoms. The van der Waals surface area contributed by atoms with Gasteiger partial charge in [-0.25, -0.2) is 0 Å². The first-order chi connectivity index (χ1) is 13.8. The molecule has 2 aromatic rings. The van der Waals surface area contributed by atoms with E-state index >= 15 is 0 Å². The number of benzene rings is 2. The van der Waals surface area contributed by atoms with Gasteiger partial charge < -0.3 is 10.2 Å². The quantitative estimate of drug-likeness (QED) is 0.794. The van der Waals surface area contributed by atoms with Gasteiger partial charge in [0.2, 0.25) is 11.8 Å². The number of amides is 2. The van der Waals surface area contributed by atoms with Gasteiger partial charge in [-0.3, -0.25) is 14.4 Å². The van der Waals surface area contributed by atoms with Gasteiger partial charge in [-0.2, -0.15) is 0 Å². The summed E-state index contributed by atoms with van der Waals surface area (Å²) in [6.45, 7) is 1.45. The first-order valence-corrected chi connectivity index (χ1v) is 10.1. The summed E-state index contributed by atoms with van der Waals surface area (Å²) < 4.78 is 0. The fourth-order valence-corrected chi connectivity index (χ4v) is 4.34. The number of halogens is 1. The third kappa shape index (κ3) is 4.35. The van der Waals surface area contributed by atoms with Crippen LogP contribution in [-0.2, 0) is 26.3 Å². The minimum atomic E-state index is -1.02. The Bertz CT molecular complexity index is 926. The molecule has 1 fully saturated rings. The largest absolute Gasteiger partial charge is 0.329 e. The van der Waals surface area contributed by atoms with Crippen LogP contribution in [-0.4, -0.2) is 29.5 Å². The van der Waals surface area contributed by atoms with Crippen molar-refractivity contribution in [3.05, 3.63) is 64.7 Å². The number of hydrogen-bond acceptors (Lipinski definition) is 3. The minimum Gasteiger partial charge on any atom is -0.329 e. The van der Waals surface area contributed by atoms with Crippen LogP contribution in [0, 0.1) is 0 Å². The lowest BCUT2D eigenvalue weighted by Crippen LogP contribution is -2.54. The molecule has 1 atom stereocenters. The van der Waals surface area contributed by atoms with Crippen LogP contribution >= 0.6 is 11.6 Å². The van der Waals surface area contributed by atoms with Crippen LogP contribution in [0.2, 0.25) is 5.02 Å². The lowest BCUT2D eigenvalue weighted by molar-refractivity contribution is -0.147. The zero-order chi connectivity index (χ0) is 21.0. The van der Waals surface area contributed by atoms with Crippen molar-refractivity contribution in [3.63, 3.8) is 0 Å². The van der Waals surface area contributed by atoms with Crippen LogP contribution in [0.15, 0.2) is 48.5 Å². The third-order valence-corrected chi connectivity index (χ3v) is 5.88. The van der Waals surface area contributed by atoms with Crippen molar-refractivity contribution >= 4 is 34.9 Å². The van der Waals surface area contributed by atoms with E-state index in [1.165, 1.54) is 6.92 Å². The molecule has 0 heterocycles. The summed E-state index contributed by atoms with van der Waals surface area (Å²) in [7, 11) is 1.69. The van der Waals surface area contributed by atoms with Gasteiger partial charge in [-0.05, 0) is 43.0 Å². The van der Waals surface area contributed by atoms with Crippen molar-refractivity contribution in [3.8, 4) is 0 Å². The Balaban J connectivity index is 1.87. The molecule has 0 aliphatic heterocycles. The molecular formula is C23H25ClN2O3.